The van der Waals surface area contributed by atoms with Crippen LogP contribution in [0.1, 0.15) is 12.8 Å². The molecule has 0 aromatic carbocycles. The molecule has 1 amide bonds. The number of aromatic amines is 1. The minimum atomic E-state index is -0.0391. The molecule has 0 spiro atoms. The van der Waals surface area contributed by atoms with Crippen LogP contribution in [0.2, 0.25) is 0 Å². The smallest absolute Gasteiger partial charge is 0.239 e. The van der Waals surface area contributed by atoms with Crippen LogP contribution in [-0.4, -0.2) is 72.8 Å². The lowest BCUT2D eigenvalue weighted by atomic mass is 9.79. The van der Waals surface area contributed by atoms with Gasteiger partial charge in [-0.1, -0.05) is 0 Å². The van der Waals surface area contributed by atoms with Crippen LogP contribution in [0, 0.1) is 5.41 Å². The molecule has 2 aromatic heterocycles. The van der Waals surface area contributed by atoms with Gasteiger partial charge in [0.15, 0.2) is 11.5 Å². The van der Waals surface area contributed by atoms with Crippen molar-refractivity contribution >= 4 is 22.9 Å². The molecule has 1 saturated heterocycles. The van der Waals surface area contributed by atoms with E-state index in [1.807, 2.05) is 7.05 Å². The van der Waals surface area contributed by atoms with E-state index in [2.05, 4.69) is 30.6 Å². The fourth-order valence-electron chi connectivity index (χ4n) is 3.31. The number of imidazole rings is 1. The summed E-state index contributed by atoms with van der Waals surface area (Å²) in [6.07, 6.45) is 5.02. The van der Waals surface area contributed by atoms with E-state index in [1.54, 1.807) is 18.3 Å². The molecule has 1 aliphatic rings. The van der Waals surface area contributed by atoms with Gasteiger partial charge in [-0.3, -0.25) is 4.79 Å². The third-order valence-corrected chi connectivity index (χ3v) is 4.72. The molecule has 0 atom stereocenters. The maximum absolute atomic E-state index is 12.4. The summed E-state index contributed by atoms with van der Waals surface area (Å²) in [5, 5.41) is 6.42. The van der Waals surface area contributed by atoms with Crippen LogP contribution in [0.4, 0.5) is 5.82 Å². The molecule has 3 heterocycles. The third kappa shape index (κ3) is 4.05. The van der Waals surface area contributed by atoms with Gasteiger partial charge in [0.25, 0.3) is 0 Å². The van der Waals surface area contributed by atoms with Crippen LogP contribution < -0.4 is 15.5 Å². The van der Waals surface area contributed by atoms with Crippen molar-refractivity contribution in [3.05, 3.63) is 12.7 Å². The molecule has 0 aliphatic carbocycles. The first-order valence-corrected chi connectivity index (χ1v) is 8.45. The average Bonchev–Trinajstić information content (AvgIpc) is 3.10. The maximum atomic E-state index is 12.4. The van der Waals surface area contributed by atoms with Crippen molar-refractivity contribution < 1.29 is 9.53 Å². The molecule has 0 bridgehead atoms. The predicted octanol–water partition coefficient (Wildman–Crippen LogP) is -0.0785. The highest BCUT2D eigenvalue weighted by Crippen LogP contribution is 2.28. The summed E-state index contributed by atoms with van der Waals surface area (Å²) >= 11 is 0. The molecule has 1 fully saturated rings. The number of fused-ring (bicyclic) bond motifs is 1. The Morgan fingerprint density at radius 2 is 2.16 bits per heavy atom. The first-order chi connectivity index (χ1) is 12.1. The van der Waals surface area contributed by atoms with E-state index in [0.717, 1.165) is 31.4 Å². The van der Waals surface area contributed by atoms with E-state index >= 15 is 0 Å². The quantitative estimate of drug-likeness (QED) is 0.643. The van der Waals surface area contributed by atoms with Crippen molar-refractivity contribution in [1.82, 2.24) is 30.6 Å². The minimum Gasteiger partial charge on any atom is -0.384 e. The normalized spacial score (nSPS) is 16.7. The van der Waals surface area contributed by atoms with Crippen LogP contribution in [-0.2, 0) is 9.53 Å². The van der Waals surface area contributed by atoms with Crippen molar-refractivity contribution in [2.75, 3.05) is 51.8 Å². The molecule has 136 valence electrons. The molecular weight excluding hydrogens is 322 g/mol. The molecule has 0 unspecified atom stereocenters. The van der Waals surface area contributed by atoms with Gasteiger partial charge in [-0.25, -0.2) is 15.0 Å². The molecule has 1 aliphatic heterocycles. The average molecular weight is 347 g/mol. The largest absolute Gasteiger partial charge is 0.384 e. The Kier molecular flexibility index (Phi) is 5.44. The highest BCUT2D eigenvalue weighted by molar-refractivity contribution is 5.86. The minimum absolute atomic E-state index is 0.0137. The second kappa shape index (κ2) is 7.75. The van der Waals surface area contributed by atoms with Crippen molar-refractivity contribution in [2.24, 2.45) is 5.41 Å². The van der Waals surface area contributed by atoms with Crippen molar-refractivity contribution in [1.29, 1.82) is 0 Å². The number of H-pyrrole nitrogens is 1. The summed E-state index contributed by atoms with van der Waals surface area (Å²) in [7, 11) is 3.54. The predicted molar refractivity (Wildman–Crippen MR) is 94.4 cm³/mol. The maximum Gasteiger partial charge on any atom is 0.239 e. The second-order valence-electron chi connectivity index (χ2n) is 6.61. The van der Waals surface area contributed by atoms with Gasteiger partial charge >= 0.3 is 0 Å². The molecule has 25 heavy (non-hydrogen) atoms. The van der Waals surface area contributed by atoms with E-state index in [0.29, 0.717) is 24.6 Å². The van der Waals surface area contributed by atoms with Crippen LogP contribution in [0.5, 0.6) is 0 Å². The van der Waals surface area contributed by atoms with Gasteiger partial charge in [-0.15, -0.1) is 0 Å². The van der Waals surface area contributed by atoms with Gasteiger partial charge < -0.3 is 25.3 Å². The van der Waals surface area contributed by atoms with Gasteiger partial charge in [0.2, 0.25) is 5.91 Å². The van der Waals surface area contributed by atoms with Crippen LogP contribution >= 0.6 is 0 Å². The molecule has 9 nitrogen and oxygen atoms in total. The number of piperidine rings is 1. The van der Waals surface area contributed by atoms with E-state index < -0.39 is 0 Å². The van der Waals surface area contributed by atoms with Crippen molar-refractivity contribution in [2.45, 2.75) is 12.8 Å². The Morgan fingerprint density at radius 3 is 2.92 bits per heavy atom. The molecular formula is C16H25N7O2. The summed E-state index contributed by atoms with van der Waals surface area (Å²) in [6.45, 7) is 3.41. The topological polar surface area (TPSA) is 108 Å². The Hall–Kier alpha value is -2.26. The third-order valence-electron chi connectivity index (χ3n) is 4.72. The summed E-state index contributed by atoms with van der Waals surface area (Å²) < 4.78 is 5.39. The fraction of sp³-hybridized carbons (Fsp3) is 0.625. The second-order valence-corrected chi connectivity index (χ2v) is 6.61. The fourth-order valence-corrected chi connectivity index (χ4v) is 3.31. The highest BCUT2D eigenvalue weighted by Gasteiger charge is 2.32. The number of amides is 1. The monoisotopic (exact) mass is 347 g/mol. The number of aromatic nitrogens is 4. The van der Waals surface area contributed by atoms with Gasteiger partial charge in [0, 0.05) is 26.1 Å². The Morgan fingerprint density at radius 1 is 1.36 bits per heavy atom. The van der Waals surface area contributed by atoms with Crippen LogP contribution in [0.15, 0.2) is 12.7 Å². The zero-order valence-corrected chi connectivity index (χ0v) is 14.7. The number of rotatable bonds is 7. The van der Waals surface area contributed by atoms with Gasteiger partial charge in [-0.05, 0) is 25.9 Å². The first-order valence-electron chi connectivity index (χ1n) is 8.45. The number of anilines is 1. The Bertz CT molecular complexity index is 706. The summed E-state index contributed by atoms with van der Waals surface area (Å²) in [5.41, 5.74) is 1.33. The number of likely N-dealkylation sites (N-methyl/N-ethyl adjacent to an activating group) is 1. The van der Waals surface area contributed by atoms with E-state index in [1.165, 1.54) is 6.33 Å². The van der Waals surface area contributed by atoms with Crippen molar-refractivity contribution in [3.8, 4) is 0 Å². The number of ether oxygens (including phenoxy) is 1. The number of nitrogens with zero attached hydrogens (tertiary/aromatic N) is 4. The number of hydrogen-bond acceptors (Lipinski definition) is 7. The molecule has 3 rings (SSSR count). The number of methoxy groups -OCH3 is 1. The van der Waals surface area contributed by atoms with Crippen LogP contribution in [0.25, 0.3) is 11.2 Å². The highest BCUT2D eigenvalue weighted by atomic mass is 16.5. The van der Waals surface area contributed by atoms with E-state index in [-0.39, 0.29) is 17.9 Å². The molecule has 3 N–H and O–H groups in total. The van der Waals surface area contributed by atoms with Crippen LogP contribution in [0.3, 0.4) is 0 Å². The van der Waals surface area contributed by atoms with Crippen molar-refractivity contribution in [3.63, 3.8) is 0 Å². The van der Waals surface area contributed by atoms with E-state index in [4.69, 9.17) is 4.74 Å². The Labute approximate surface area is 146 Å². The summed E-state index contributed by atoms with van der Waals surface area (Å²) in [5.74, 6) is 0.619. The number of carbonyl (C=O) groups excluding carboxylic acids is 1. The molecule has 0 radical (unpaired) electrons. The molecule has 9 heteroatoms. The Balaban J connectivity index is 1.59. The standard InChI is InChI=1S/C16H25N7O2/c1-23(15-13-14(20-10-19-13)21-11-22-15)7-12(24)18-8-16(9-25-2)3-5-17-6-4-16/h10-11,17H,3-9H2,1-2H3,(H,18,24)(H,19,20,21,22). The zero-order chi connectivity index (χ0) is 17.7. The lowest BCUT2D eigenvalue weighted by Crippen LogP contribution is -2.48. The number of nitrogens with one attached hydrogen (secondary N) is 3. The summed E-state index contributed by atoms with van der Waals surface area (Å²) in [6, 6.07) is 0. The number of hydrogen-bond donors (Lipinski definition) is 3. The first kappa shape index (κ1) is 17.6. The molecule has 0 saturated carbocycles. The van der Waals surface area contributed by atoms with Gasteiger partial charge in [0.1, 0.15) is 11.8 Å². The van der Waals surface area contributed by atoms with Gasteiger partial charge in [-0.2, -0.15) is 0 Å². The lowest BCUT2D eigenvalue weighted by molar-refractivity contribution is -0.120. The lowest BCUT2D eigenvalue weighted by Gasteiger charge is -2.37. The summed E-state index contributed by atoms with van der Waals surface area (Å²) in [4.78, 5) is 29.7. The van der Waals surface area contributed by atoms with Gasteiger partial charge in [0.05, 0.1) is 19.5 Å². The molecule has 2 aromatic rings. The SMILES string of the molecule is COCC1(CNC(=O)CN(C)c2ncnc3nc[nH]c23)CCNCC1. The van der Waals surface area contributed by atoms with E-state index in [9.17, 15) is 4.79 Å². The zero-order valence-electron chi connectivity index (χ0n) is 14.7. The number of carbonyl (C=O) groups is 1.